The van der Waals surface area contributed by atoms with E-state index in [9.17, 15) is 0 Å². The molecule has 0 saturated heterocycles. The minimum Gasteiger partial charge on any atom is -0.245 e. The van der Waals surface area contributed by atoms with Gasteiger partial charge in [0, 0.05) is 6.42 Å². The number of rotatable bonds is 4. The fourth-order valence-corrected chi connectivity index (χ4v) is 0.791. The molecule has 0 saturated carbocycles. The third-order valence-corrected chi connectivity index (χ3v) is 1.37. The van der Waals surface area contributed by atoms with Gasteiger partial charge in [0.2, 0.25) is 0 Å². The lowest BCUT2D eigenvalue weighted by atomic mass is 10.2. The molecule has 0 aliphatic rings. The molecule has 0 fully saturated rings. The van der Waals surface area contributed by atoms with Gasteiger partial charge in [-0.05, 0) is 6.42 Å². The van der Waals surface area contributed by atoms with Crippen LogP contribution in [-0.2, 0) is 0 Å². The monoisotopic (exact) mass is 138 g/mol. The highest BCUT2D eigenvalue weighted by molar-refractivity contribution is 4.99. The van der Waals surface area contributed by atoms with Gasteiger partial charge in [-0.25, -0.2) is 5.73 Å². The van der Waals surface area contributed by atoms with Gasteiger partial charge in [0.25, 0.3) is 0 Å². The maximum atomic E-state index is 6.75. The van der Waals surface area contributed by atoms with E-state index < -0.39 is 0 Å². The lowest BCUT2D eigenvalue weighted by molar-refractivity contribution is 0.679. The van der Waals surface area contributed by atoms with Crippen LogP contribution in [0.15, 0.2) is 0 Å². The van der Waals surface area contributed by atoms with Gasteiger partial charge in [0.1, 0.15) is 0 Å². The van der Waals surface area contributed by atoms with Crippen molar-refractivity contribution in [2.45, 2.75) is 39.0 Å². The fourth-order valence-electron chi connectivity index (χ4n) is 0.791. The van der Waals surface area contributed by atoms with Crippen LogP contribution in [0.4, 0.5) is 0 Å². The normalized spacial score (nSPS) is 8.60. The van der Waals surface area contributed by atoms with Crippen LogP contribution in [0.25, 0.3) is 0 Å². The minimum absolute atomic E-state index is 0.258. The second kappa shape index (κ2) is 8.52. The Labute approximate surface area is 64.0 Å². The first-order chi connectivity index (χ1) is 4.91. The van der Waals surface area contributed by atoms with Gasteiger partial charge >= 0.3 is 0 Å². The highest BCUT2D eigenvalue weighted by Crippen LogP contribution is 2.00. The first kappa shape index (κ1) is 9.52. The molecule has 0 aliphatic carbocycles. The van der Waals surface area contributed by atoms with Crippen molar-refractivity contribution in [2.75, 3.05) is 6.54 Å². The smallest absolute Gasteiger partial charge is 0.0712 e. The summed E-state index contributed by atoms with van der Waals surface area (Å²) in [7, 11) is 0. The van der Waals surface area contributed by atoms with E-state index in [1.807, 2.05) is 0 Å². The summed E-state index contributed by atoms with van der Waals surface area (Å²) in [5, 5.41) is 0. The maximum Gasteiger partial charge on any atom is 0.0712 e. The number of hydrogen-bond acceptors (Lipinski definition) is 0. The predicted octanol–water partition coefficient (Wildman–Crippen LogP) is 2.24. The van der Waals surface area contributed by atoms with Crippen LogP contribution in [0.2, 0.25) is 0 Å². The Morgan fingerprint density at radius 2 is 1.90 bits per heavy atom. The zero-order valence-electron chi connectivity index (χ0n) is 6.74. The molecule has 0 aliphatic heterocycles. The largest absolute Gasteiger partial charge is 0.245 e. The van der Waals surface area contributed by atoms with Gasteiger partial charge in [0.05, 0.1) is 6.54 Å². The summed E-state index contributed by atoms with van der Waals surface area (Å²) in [6.07, 6.45) is 6.09. The summed E-state index contributed by atoms with van der Waals surface area (Å²) in [4.78, 5) is 0. The predicted molar refractivity (Wildman–Crippen MR) is 44.5 cm³/mol. The van der Waals surface area contributed by atoms with Crippen molar-refractivity contribution in [3.8, 4) is 11.8 Å². The van der Waals surface area contributed by atoms with Crippen LogP contribution in [0.3, 0.4) is 0 Å². The molecule has 0 aromatic rings. The molecule has 0 aromatic heterocycles. The molecule has 1 N–H and O–H groups in total. The van der Waals surface area contributed by atoms with Crippen LogP contribution in [-0.4, -0.2) is 6.54 Å². The van der Waals surface area contributed by atoms with Crippen LogP contribution in [0.1, 0.15) is 39.0 Å². The zero-order chi connectivity index (χ0) is 7.66. The first-order valence-corrected chi connectivity index (χ1v) is 4.02. The summed E-state index contributed by atoms with van der Waals surface area (Å²) in [5.74, 6) is 5.70. The Morgan fingerprint density at radius 3 is 2.50 bits per heavy atom. The second-order valence-corrected chi connectivity index (χ2v) is 2.34. The Bertz CT molecular complexity index is 108. The van der Waals surface area contributed by atoms with Crippen molar-refractivity contribution in [3.05, 3.63) is 0 Å². The van der Waals surface area contributed by atoms with E-state index in [1.54, 1.807) is 0 Å². The molecule has 1 radical (unpaired) electrons. The highest BCUT2D eigenvalue weighted by Gasteiger charge is 1.82. The van der Waals surface area contributed by atoms with Gasteiger partial charge in [0.15, 0.2) is 0 Å². The van der Waals surface area contributed by atoms with Gasteiger partial charge in [-0.3, -0.25) is 0 Å². The van der Waals surface area contributed by atoms with Crippen molar-refractivity contribution in [2.24, 2.45) is 0 Å². The van der Waals surface area contributed by atoms with E-state index in [1.165, 1.54) is 25.7 Å². The van der Waals surface area contributed by atoms with Crippen LogP contribution in [0.5, 0.6) is 0 Å². The molecule has 0 aromatic carbocycles. The Kier molecular flexibility index (Phi) is 8.11. The van der Waals surface area contributed by atoms with E-state index in [0.29, 0.717) is 0 Å². The third-order valence-electron chi connectivity index (χ3n) is 1.37. The van der Waals surface area contributed by atoms with Crippen molar-refractivity contribution in [1.82, 2.24) is 5.73 Å². The van der Waals surface area contributed by atoms with Crippen molar-refractivity contribution in [1.29, 1.82) is 0 Å². The summed E-state index contributed by atoms with van der Waals surface area (Å²) in [5.41, 5.74) is 6.75. The van der Waals surface area contributed by atoms with Crippen molar-refractivity contribution < 1.29 is 0 Å². The molecule has 0 rings (SSSR count). The molecule has 10 heavy (non-hydrogen) atoms. The van der Waals surface area contributed by atoms with E-state index in [2.05, 4.69) is 18.8 Å². The molecule has 1 heteroatoms. The fraction of sp³-hybridized carbons (Fsp3) is 0.778. The van der Waals surface area contributed by atoms with Crippen LogP contribution >= 0.6 is 0 Å². The standard InChI is InChI=1S/C9H16N/c1-2-3-4-5-6-7-8-9-10/h10H,2-6,9H2,1H3. The number of nitrogens with one attached hydrogen (secondary N) is 1. The lowest BCUT2D eigenvalue weighted by Crippen LogP contribution is -1.77. The zero-order valence-corrected chi connectivity index (χ0v) is 6.74. The third kappa shape index (κ3) is 7.52. The summed E-state index contributed by atoms with van der Waals surface area (Å²) in [6, 6.07) is 0. The molecule has 0 amide bonds. The first-order valence-electron chi connectivity index (χ1n) is 4.02. The average Bonchev–Trinajstić information content (AvgIpc) is 1.97. The molecule has 57 valence electrons. The highest BCUT2D eigenvalue weighted by atomic mass is 14.5. The molecule has 0 heterocycles. The average molecular weight is 138 g/mol. The number of unbranched alkanes of at least 4 members (excludes halogenated alkanes) is 4. The Balaban J connectivity index is 2.90. The van der Waals surface area contributed by atoms with Gasteiger partial charge in [-0.15, -0.1) is 5.92 Å². The van der Waals surface area contributed by atoms with E-state index in [0.717, 1.165) is 6.42 Å². The SMILES string of the molecule is CCCCCCC#CC[NH]. The summed E-state index contributed by atoms with van der Waals surface area (Å²) >= 11 is 0. The van der Waals surface area contributed by atoms with Crippen LogP contribution < -0.4 is 5.73 Å². The molecular formula is C9H16N. The molecule has 0 unspecified atom stereocenters. The molecular weight excluding hydrogens is 122 g/mol. The molecule has 0 spiro atoms. The van der Waals surface area contributed by atoms with E-state index in [4.69, 9.17) is 5.73 Å². The summed E-state index contributed by atoms with van der Waals surface area (Å²) < 4.78 is 0. The Hall–Kier alpha value is -0.480. The second-order valence-electron chi connectivity index (χ2n) is 2.34. The number of hydrogen-bond donors (Lipinski definition) is 0. The Morgan fingerprint density at radius 1 is 1.10 bits per heavy atom. The summed E-state index contributed by atoms with van der Waals surface area (Å²) in [6.45, 7) is 2.46. The molecule has 0 atom stereocenters. The van der Waals surface area contributed by atoms with Crippen molar-refractivity contribution >= 4 is 0 Å². The lowest BCUT2D eigenvalue weighted by Gasteiger charge is -1.91. The van der Waals surface area contributed by atoms with E-state index >= 15 is 0 Å². The maximum absolute atomic E-state index is 6.75. The minimum atomic E-state index is 0.258. The van der Waals surface area contributed by atoms with Gasteiger partial charge < -0.3 is 0 Å². The van der Waals surface area contributed by atoms with Gasteiger partial charge in [-0.2, -0.15) is 0 Å². The van der Waals surface area contributed by atoms with E-state index in [-0.39, 0.29) is 6.54 Å². The molecule has 0 bridgehead atoms. The topological polar surface area (TPSA) is 23.8 Å². The van der Waals surface area contributed by atoms with Crippen LogP contribution in [0, 0.1) is 11.8 Å². The quantitative estimate of drug-likeness (QED) is 0.420. The van der Waals surface area contributed by atoms with Crippen molar-refractivity contribution in [3.63, 3.8) is 0 Å². The van der Waals surface area contributed by atoms with Gasteiger partial charge in [-0.1, -0.05) is 32.1 Å². The molecule has 1 nitrogen and oxygen atoms in total.